The number of hydrogen-bond donors (Lipinski definition) is 2. The zero-order valence-corrected chi connectivity index (χ0v) is 18.9. The number of benzene rings is 1. The van der Waals surface area contributed by atoms with Crippen LogP contribution in [0.25, 0.3) is 0 Å². The Hall–Kier alpha value is -2.23. The maximum Gasteiger partial charge on any atom is 0.287 e. The van der Waals surface area contributed by atoms with E-state index in [2.05, 4.69) is 27.8 Å². The fourth-order valence-electron chi connectivity index (χ4n) is 2.50. The van der Waals surface area contributed by atoms with Gasteiger partial charge in [-0.2, -0.15) is 0 Å². The van der Waals surface area contributed by atoms with Crippen LogP contribution in [0, 0.1) is 0 Å². The van der Waals surface area contributed by atoms with Crippen molar-refractivity contribution in [1.29, 1.82) is 0 Å². The van der Waals surface area contributed by atoms with Crippen molar-refractivity contribution in [3.05, 3.63) is 54.0 Å². The van der Waals surface area contributed by atoms with E-state index in [1.165, 1.54) is 6.26 Å². The third kappa shape index (κ3) is 7.79. The molecule has 8 heteroatoms. The Labute approximate surface area is 183 Å². The molecule has 0 bridgehead atoms. The third-order valence-corrected chi connectivity index (χ3v) is 3.75. The van der Waals surface area contributed by atoms with E-state index in [-0.39, 0.29) is 29.9 Å². The Kier molecular flexibility index (Phi) is 11.1. The zero-order chi connectivity index (χ0) is 19.5. The minimum atomic E-state index is -0.233. The number of nitrogens with zero attached hydrogens (tertiary/aromatic N) is 2. The first-order chi connectivity index (χ1) is 13.1. The Morgan fingerprint density at radius 2 is 1.93 bits per heavy atom. The average molecular weight is 500 g/mol. The van der Waals surface area contributed by atoms with E-state index in [1.807, 2.05) is 37.9 Å². The van der Waals surface area contributed by atoms with E-state index in [9.17, 15) is 4.79 Å². The minimum absolute atomic E-state index is 0. The number of carbonyl (C=O) groups is 1. The fourth-order valence-corrected chi connectivity index (χ4v) is 2.50. The van der Waals surface area contributed by atoms with Crippen molar-refractivity contribution >= 4 is 35.8 Å². The van der Waals surface area contributed by atoms with Crippen LogP contribution in [0.1, 0.15) is 30.0 Å². The number of hydrogen-bond acceptors (Lipinski definition) is 4. The molecule has 2 aromatic rings. The molecular weight excluding hydrogens is 471 g/mol. The number of aliphatic imine (C=N–C) groups is 1. The normalized spacial score (nSPS) is 10.8. The summed E-state index contributed by atoms with van der Waals surface area (Å²) in [5.41, 5.74) is 1.16. The molecule has 2 rings (SSSR count). The van der Waals surface area contributed by atoms with E-state index in [0.29, 0.717) is 25.5 Å². The van der Waals surface area contributed by atoms with Gasteiger partial charge in [0.25, 0.3) is 5.91 Å². The minimum Gasteiger partial charge on any atom is -0.494 e. The SMILES string of the molecule is CCNC(=NCCNC(=O)c1ccco1)N(C)Cc1ccc(OCC)cc1.I. The van der Waals surface area contributed by atoms with E-state index in [4.69, 9.17) is 9.15 Å². The zero-order valence-electron chi connectivity index (χ0n) is 16.6. The van der Waals surface area contributed by atoms with Crippen molar-refractivity contribution in [3.8, 4) is 5.75 Å². The van der Waals surface area contributed by atoms with Crippen molar-refractivity contribution in [3.63, 3.8) is 0 Å². The van der Waals surface area contributed by atoms with Crippen LogP contribution in [0.2, 0.25) is 0 Å². The van der Waals surface area contributed by atoms with Crippen molar-refractivity contribution < 1.29 is 13.9 Å². The second-order valence-electron chi connectivity index (χ2n) is 5.90. The maximum absolute atomic E-state index is 11.8. The predicted molar refractivity (Wildman–Crippen MR) is 122 cm³/mol. The summed E-state index contributed by atoms with van der Waals surface area (Å²) in [6.07, 6.45) is 1.48. The summed E-state index contributed by atoms with van der Waals surface area (Å²) in [7, 11) is 1.99. The van der Waals surface area contributed by atoms with Crippen LogP contribution in [-0.4, -0.2) is 50.1 Å². The second kappa shape index (κ2) is 13.0. The van der Waals surface area contributed by atoms with Gasteiger partial charge >= 0.3 is 0 Å². The summed E-state index contributed by atoms with van der Waals surface area (Å²) in [6, 6.07) is 11.4. The first-order valence-electron chi connectivity index (χ1n) is 9.17. The van der Waals surface area contributed by atoms with Gasteiger partial charge in [-0.05, 0) is 43.7 Å². The number of furan rings is 1. The molecule has 0 saturated heterocycles. The third-order valence-electron chi connectivity index (χ3n) is 3.75. The lowest BCUT2D eigenvalue weighted by molar-refractivity contribution is 0.0927. The van der Waals surface area contributed by atoms with Crippen LogP contribution in [0.3, 0.4) is 0 Å². The van der Waals surface area contributed by atoms with Gasteiger partial charge in [0.1, 0.15) is 5.75 Å². The number of halogens is 1. The maximum atomic E-state index is 11.8. The molecule has 154 valence electrons. The summed E-state index contributed by atoms with van der Waals surface area (Å²) < 4.78 is 10.5. The lowest BCUT2D eigenvalue weighted by Crippen LogP contribution is -2.39. The Morgan fingerprint density at radius 1 is 1.18 bits per heavy atom. The van der Waals surface area contributed by atoms with E-state index in [0.717, 1.165) is 30.4 Å². The average Bonchev–Trinajstić information content (AvgIpc) is 3.20. The highest BCUT2D eigenvalue weighted by molar-refractivity contribution is 14.0. The second-order valence-corrected chi connectivity index (χ2v) is 5.90. The van der Waals surface area contributed by atoms with E-state index in [1.54, 1.807) is 12.1 Å². The van der Waals surface area contributed by atoms with Gasteiger partial charge in [0.15, 0.2) is 11.7 Å². The Morgan fingerprint density at radius 3 is 2.54 bits per heavy atom. The smallest absolute Gasteiger partial charge is 0.287 e. The first-order valence-corrected chi connectivity index (χ1v) is 9.17. The molecule has 0 aliphatic carbocycles. The largest absolute Gasteiger partial charge is 0.494 e. The molecule has 0 fully saturated rings. The highest BCUT2D eigenvalue weighted by atomic mass is 127. The van der Waals surface area contributed by atoms with Crippen LogP contribution in [0.4, 0.5) is 0 Å². The standard InChI is InChI=1S/C20H28N4O3.HI/c1-4-21-20(23-13-12-22-19(25)18-7-6-14-27-18)24(3)15-16-8-10-17(11-9-16)26-5-2;/h6-11,14H,4-5,12-13,15H2,1-3H3,(H,21,23)(H,22,25);1H. The topological polar surface area (TPSA) is 79.1 Å². The van der Waals surface area contributed by atoms with Gasteiger partial charge in [-0.1, -0.05) is 12.1 Å². The summed E-state index contributed by atoms with van der Waals surface area (Å²) >= 11 is 0. The molecule has 1 aromatic carbocycles. The van der Waals surface area contributed by atoms with Gasteiger partial charge in [0.05, 0.1) is 19.4 Å². The molecule has 1 aromatic heterocycles. The number of nitrogens with one attached hydrogen (secondary N) is 2. The molecule has 0 atom stereocenters. The van der Waals surface area contributed by atoms with E-state index < -0.39 is 0 Å². The quantitative estimate of drug-likeness (QED) is 0.240. The van der Waals surface area contributed by atoms with Crippen LogP contribution in [0.15, 0.2) is 52.1 Å². The van der Waals surface area contributed by atoms with E-state index >= 15 is 0 Å². The molecule has 0 radical (unpaired) electrons. The molecule has 0 aliphatic rings. The molecular formula is C20H29IN4O3. The van der Waals surface area contributed by atoms with Gasteiger partial charge in [-0.15, -0.1) is 24.0 Å². The molecule has 0 spiro atoms. The Bertz CT molecular complexity index is 718. The molecule has 28 heavy (non-hydrogen) atoms. The first kappa shape index (κ1) is 23.8. The van der Waals surface area contributed by atoms with Crippen LogP contribution in [-0.2, 0) is 6.54 Å². The van der Waals surface area contributed by atoms with Crippen molar-refractivity contribution in [2.24, 2.45) is 4.99 Å². The highest BCUT2D eigenvalue weighted by Gasteiger charge is 2.08. The van der Waals surface area contributed by atoms with Crippen molar-refractivity contribution in [2.75, 3.05) is 33.3 Å². The van der Waals surface area contributed by atoms with Crippen molar-refractivity contribution in [2.45, 2.75) is 20.4 Å². The number of rotatable bonds is 9. The fraction of sp³-hybridized carbons (Fsp3) is 0.400. The van der Waals surface area contributed by atoms with Crippen LogP contribution >= 0.6 is 24.0 Å². The molecule has 7 nitrogen and oxygen atoms in total. The Balaban J connectivity index is 0.00000392. The van der Waals surface area contributed by atoms with Gasteiger partial charge in [-0.3, -0.25) is 9.79 Å². The number of ether oxygens (including phenoxy) is 1. The molecule has 0 saturated carbocycles. The van der Waals surface area contributed by atoms with Gasteiger partial charge in [-0.25, -0.2) is 0 Å². The molecule has 0 unspecified atom stereocenters. The van der Waals surface area contributed by atoms with Gasteiger partial charge in [0, 0.05) is 26.7 Å². The lowest BCUT2D eigenvalue weighted by Gasteiger charge is -2.22. The summed E-state index contributed by atoms with van der Waals surface area (Å²) in [5, 5.41) is 6.06. The summed E-state index contributed by atoms with van der Waals surface area (Å²) in [5.74, 6) is 1.73. The monoisotopic (exact) mass is 500 g/mol. The lowest BCUT2D eigenvalue weighted by atomic mass is 10.2. The summed E-state index contributed by atoms with van der Waals surface area (Å²) in [6.45, 7) is 7.06. The van der Waals surface area contributed by atoms with Crippen LogP contribution in [0.5, 0.6) is 5.75 Å². The molecule has 2 N–H and O–H groups in total. The molecule has 1 heterocycles. The number of amides is 1. The number of carbonyl (C=O) groups excluding carboxylic acids is 1. The molecule has 0 aliphatic heterocycles. The molecule has 1 amide bonds. The van der Waals surface area contributed by atoms with Gasteiger partial charge in [0.2, 0.25) is 0 Å². The van der Waals surface area contributed by atoms with Crippen LogP contribution < -0.4 is 15.4 Å². The van der Waals surface area contributed by atoms with Gasteiger partial charge < -0.3 is 24.7 Å². The highest BCUT2D eigenvalue weighted by Crippen LogP contribution is 2.13. The van der Waals surface area contributed by atoms with Crippen molar-refractivity contribution in [1.82, 2.24) is 15.5 Å². The number of guanidine groups is 1. The predicted octanol–water partition coefficient (Wildman–Crippen LogP) is 3.12. The summed E-state index contributed by atoms with van der Waals surface area (Å²) in [4.78, 5) is 18.5.